The summed E-state index contributed by atoms with van der Waals surface area (Å²) in [5.74, 6) is 0.775. The van der Waals surface area contributed by atoms with Gasteiger partial charge in [0, 0.05) is 0 Å². The highest BCUT2D eigenvalue weighted by Gasteiger charge is 2.17. The van der Waals surface area contributed by atoms with Gasteiger partial charge >= 0.3 is 0 Å². The molecule has 0 radical (unpaired) electrons. The van der Waals surface area contributed by atoms with Gasteiger partial charge in [-0.15, -0.1) is 0 Å². The van der Waals surface area contributed by atoms with Crippen molar-refractivity contribution >= 4 is 0 Å². The minimum absolute atomic E-state index is 0.775. The average molecular weight is 331 g/mol. The van der Waals surface area contributed by atoms with Crippen LogP contribution in [0.25, 0.3) is 0 Å². The van der Waals surface area contributed by atoms with Crippen LogP contribution in [0.3, 0.4) is 0 Å². The van der Waals surface area contributed by atoms with E-state index in [2.05, 4.69) is 79.7 Å². The normalized spacial score (nSPS) is 17.1. The maximum atomic E-state index is 2.52. The van der Waals surface area contributed by atoms with Crippen LogP contribution in [0.4, 0.5) is 0 Å². The largest absolute Gasteiger partial charge is 0.0810 e. The Morgan fingerprint density at radius 2 is 1.44 bits per heavy atom. The van der Waals surface area contributed by atoms with E-state index in [0.29, 0.717) is 0 Å². The molecular formula is C25H30. The van der Waals surface area contributed by atoms with Crippen molar-refractivity contribution in [2.75, 3.05) is 0 Å². The molecule has 0 N–H and O–H groups in total. The van der Waals surface area contributed by atoms with Crippen LogP contribution in [0.2, 0.25) is 0 Å². The molecule has 25 heavy (non-hydrogen) atoms. The number of aryl methyl sites for hydroxylation is 2. The summed E-state index contributed by atoms with van der Waals surface area (Å²) in [6, 6.07) is 21.7. The van der Waals surface area contributed by atoms with Crippen molar-refractivity contribution in [1.82, 2.24) is 0 Å². The molecule has 2 aromatic carbocycles. The zero-order chi connectivity index (χ0) is 17.3. The molecule has 0 amide bonds. The van der Waals surface area contributed by atoms with Crippen molar-refractivity contribution < 1.29 is 0 Å². The molecule has 0 spiro atoms. The fraction of sp³-hybridized carbons (Fsp3) is 0.360. The van der Waals surface area contributed by atoms with E-state index in [4.69, 9.17) is 0 Å². The number of unbranched alkanes of at least 4 members (excludes halogenated alkanes) is 1. The minimum atomic E-state index is 0.775. The molecule has 0 saturated carbocycles. The lowest BCUT2D eigenvalue weighted by Gasteiger charge is -2.24. The van der Waals surface area contributed by atoms with Gasteiger partial charge in [-0.25, -0.2) is 0 Å². The monoisotopic (exact) mass is 330 g/mol. The van der Waals surface area contributed by atoms with Crippen LogP contribution in [0, 0.1) is 5.92 Å². The van der Waals surface area contributed by atoms with Crippen molar-refractivity contribution in [2.45, 2.75) is 51.9 Å². The summed E-state index contributed by atoms with van der Waals surface area (Å²) in [5.41, 5.74) is 6.14. The first-order valence-electron chi connectivity index (χ1n) is 9.79. The number of rotatable bonds is 9. The summed E-state index contributed by atoms with van der Waals surface area (Å²) in [5, 5.41) is 0. The van der Waals surface area contributed by atoms with Crippen molar-refractivity contribution in [1.29, 1.82) is 0 Å². The van der Waals surface area contributed by atoms with E-state index in [-0.39, 0.29) is 0 Å². The van der Waals surface area contributed by atoms with E-state index in [1.807, 2.05) is 0 Å². The molecule has 0 bridgehead atoms. The Labute approximate surface area is 153 Å². The Balaban J connectivity index is 1.49. The first kappa shape index (κ1) is 17.7. The highest BCUT2D eigenvalue weighted by Crippen LogP contribution is 2.33. The third kappa shape index (κ3) is 5.74. The molecule has 0 saturated heterocycles. The lowest BCUT2D eigenvalue weighted by atomic mass is 9.81. The topological polar surface area (TPSA) is 0 Å². The van der Waals surface area contributed by atoms with Gasteiger partial charge in [0.1, 0.15) is 0 Å². The average Bonchev–Trinajstić information content (AvgIpc) is 2.63. The molecule has 0 fully saturated rings. The molecule has 1 atom stereocenters. The van der Waals surface area contributed by atoms with Crippen molar-refractivity contribution in [2.24, 2.45) is 5.92 Å². The van der Waals surface area contributed by atoms with E-state index in [9.17, 15) is 0 Å². The second-order valence-corrected chi connectivity index (χ2v) is 7.32. The molecule has 0 nitrogen and oxygen atoms in total. The Hall–Kier alpha value is -2.08. The van der Waals surface area contributed by atoms with Crippen molar-refractivity contribution in [3.8, 4) is 0 Å². The summed E-state index contributed by atoms with van der Waals surface area (Å²) < 4.78 is 0. The highest BCUT2D eigenvalue weighted by molar-refractivity contribution is 5.37. The third-order valence-electron chi connectivity index (χ3n) is 5.10. The molecule has 1 unspecified atom stereocenters. The zero-order valence-corrected chi connectivity index (χ0v) is 15.5. The van der Waals surface area contributed by atoms with Gasteiger partial charge in [-0.3, -0.25) is 0 Å². The quantitative estimate of drug-likeness (QED) is 0.437. The third-order valence-corrected chi connectivity index (χ3v) is 5.10. The molecule has 0 heteroatoms. The van der Waals surface area contributed by atoms with Crippen LogP contribution in [0.5, 0.6) is 0 Å². The van der Waals surface area contributed by atoms with Gasteiger partial charge in [-0.1, -0.05) is 79.7 Å². The van der Waals surface area contributed by atoms with Crippen LogP contribution < -0.4 is 0 Å². The molecule has 0 heterocycles. The molecule has 1 aliphatic carbocycles. The van der Waals surface area contributed by atoms with Crippen LogP contribution in [-0.2, 0) is 12.8 Å². The highest BCUT2D eigenvalue weighted by atomic mass is 14.2. The molecule has 130 valence electrons. The molecular weight excluding hydrogens is 300 g/mol. The summed E-state index contributed by atoms with van der Waals surface area (Å²) in [4.78, 5) is 0. The van der Waals surface area contributed by atoms with Crippen LogP contribution in [0.15, 0.2) is 84.0 Å². The number of benzene rings is 2. The summed E-state index contributed by atoms with van der Waals surface area (Å²) in [6.07, 6.45) is 13.5. The van der Waals surface area contributed by atoms with Gasteiger partial charge in [-0.05, 0) is 73.1 Å². The minimum Gasteiger partial charge on any atom is -0.0810 e. The molecule has 2 aromatic rings. The maximum absolute atomic E-state index is 2.52. The van der Waals surface area contributed by atoms with E-state index < -0.39 is 0 Å². The fourth-order valence-electron chi connectivity index (χ4n) is 3.64. The predicted molar refractivity (Wildman–Crippen MR) is 109 cm³/mol. The molecule has 3 rings (SSSR count). The number of hydrogen-bond donors (Lipinski definition) is 0. The lowest BCUT2D eigenvalue weighted by molar-refractivity contribution is 0.631. The molecule has 1 aliphatic rings. The Morgan fingerprint density at radius 3 is 2.00 bits per heavy atom. The Bertz CT molecular complexity index is 691. The van der Waals surface area contributed by atoms with Crippen molar-refractivity contribution in [3.05, 3.63) is 95.1 Å². The first-order chi connectivity index (χ1) is 12.3. The van der Waals surface area contributed by atoms with Crippen LogP contribution >= 0.6 is 0 Å². The van der Waals surface area contributed by atoms with Gasteiger partial charge in [0.05, 0.1) is 0 Å². The van der Waals surface area contributed by atoms with Crippen LogP contribution in [-0.4, -0.2) is 0 Å². The molecule has 0 aromatic heterocycles. The summed E-state index contributed by atoms with van der Waals surface area (Å²) >= 11 is 0. The lowest BCUT2D eigenvalue weighted by Crippen LogP contribution is -2.08. The Morgan fingerprint density at radius 1 is 0.880 bits per heavy atom. The van der Waals surface area contributed by atoms with Gasteiger partial charge in [0.15, 0.2) is 0 Å². The van der Waals surface area contributed by atoms with E-state index in [0.717, 1.165) is 5.92 Å². The summed E-state index contributed by atoms with van der Waals surface area (Å²) in [7, 11) is 0. The zero-order valence-electron chi connectivity index (χ0n) is 15.5. The maximum Gasteiger partial charge on any atom is -0.0216 e. The van der Waals surface area contributed by atoms with Gasteiger partial charge in [0.2, 0.25) is 0 Å². The SMILES string of the molecule is CC1C=C(/C(=C\CCCc2ccccc2)CCCc2ccccc2)C1. The van der Waals surface area contributed by atoms with Gasteiger partial charge in [-0.2, -0.15) is 0 Å². The van der Waals surface area contributed by atoms with Crippen LogP contribution in [0.1, 0.15) is 50.2 Å². The summed E-state index contributed by atoms with van der Waals surface area (Å²) in [6.45, 7) is 2.32. The Kier molecular flexibility index (Phi) is 6.68. The second-order valence-electron chi connectivity index (χ2n) is 7.32. The van der Waals surface area contributed by atoms with Gasteiger partial charge in [0.25, 0.3) is 0 Å². The standard InChI is InChI=1S/C25H30/c1-21-19-25(20-21)24(18-10-16-23-13-6-3-7-14-23)17-9-8-15-22-11-4-2-5-12-22/h2-7,11-14,17,19,21H,8-10,15-16,18,20H2,1H3/b24-17-. The van der Waals surface area contributed by atoms with E-state index in [1.54, 1.807) is 11.1 Å². The predicted octanol–water partition coefficient (Wildman–Crippen LogP) is 6.92. The fourth-order valence-corrected chi connectivity index (χ4v) is 3.64. The van der Waals surface area contributed by atoms with Gasteiger partial charge < -0.3 is 0 Å². The molecule has 0 aliphatic heterocycles. The second kappa shape index (κ2) is 9.42. The smallest absolute Gasteiger partial charge is 0.0216 e. The van der Waals surface area contributed by atoms with Crippen molar-refractivity contribution in [3.63, 3.8) is 0 Å². The number of allylic oxidation sites excluding steroid dienone is 4. The first-order valence-corrected chi connectivity index (χ1v) is 9.79. The van der Waals surface area contributed by atoms with E-state index >= 15 is 0 Å². The number of hydrogen-bond acceptors (Lipinski definition) is 0. The van der Waals surface area contributed by atoms with E-state index in [1.165, 1.54) is 56.1 Å².